The van der Waals surface area contributed by atoms with E-state index in [1.54, 1.807) is 0 Å². The fourth-order valence-corrected chi connectivity index (χ4v) is 1.26. The molecule has 8 nitrogen and oxygen atoms in total. The third-order valence-corrected chi connectivity index (χ3v) is 1.96. The highest BCUT2D eigenvalue weighted by Crippen LogP contribution is 2.18. The molecule has 86 valence electrons. The molecule has 17 heavy (non-hydrogen) atoms. The summed E-state index contributed by atoms with van der Waals surface area (Å²) in [6, 6.07) is 0. The number of amides is 1. The van der Waals surface area contributed by atoms with Crippen molar-refractivity contribution in [1.29, 1.82) is 0 Å². The molecule has 0 saturated carbocycles. The second-order valence-corrected chi connectivity index (χ2v) is 3.07. The van der Waals surface area contributed by atoms with Crippen molar-refractivity contribution in [2.75, 3.05) is 0 Å². The third-order valence-electron chi connectivity index (χ3n) is 1.96. The lowest BCUT2D eigenvalue weighted by Gasteiger charge is -1.96. The summed E-state index contributed by atoms with van der Waals surface area (Å²) in [5.41, 5.74) is 5.35. The molecule has 2 rings (SSSR count). The van der Waals surface area contributed by atoms with E-state index in [0.717, 1.165) is 0 Å². The van der Waals surface area contributed by atoms with Gasteiger partial charge in [0.1, 0.15) is 17.1 Å². The average Bonchev–Trinajstić information content (AvgIpc) is 2.75. The van der Waals surface area contributed by atoms with Crippen LogP contribution in [-0.4, -0.2) is 36.9 Å². The van der Waals surface area contributed by atoms with Crippen molar-refractivity contribution in [3.63, 3.8) is 0 Å². The quantitative estimate of drug-likeness (QED) is 0.663. The van der Waals surface area contributed by atoms with Crippen LogP contribution in [0, 0.1) is 0 Å². The molecule has 8 heteroatoms. The normalized spacial score (nSPS) is 10.1. The molecule has 2 heterocycles. The number of aromatic carboxylic acids is 1. The van der Waals surface area contributed by atoms with Gasteiger partial charge in [-0.05, 0) is 0 Å². The maximum atomic E-state index is 11.1. The average molecular weight is 233 g/mol. The lowest BCUT2D eigenvalue weighted by Crippen LogP contribution is -2.13. The van der Waals surface area contributed by atoms with E-state index in [1.807, 2.05) is 0 Å². The van der Waals surface area contributed by atoms with Crippen LogP contribution < -0.4 is 5.73 Å². The van der Waals surface area contributed by atoms with Crippen molar-refractivity contribution in [2.45, 2.75) is 0 Å². The number of carboxylic acid groups (broad SMARTS) is 1. The van der Waals surface area contributed by atoms with Gasteiger partial charge in [0.05, 0.1) is 6.20 Å². The van der Waals surface area contributed by atoms with E-state index in [9.17, 15) is 9.59 Å². The number of carboxylic acids is 1. The van der Waals surface area contributed by atoms with Crippen molar-refractivity contribution >= 4 is 11.9 Å². The predicted octanol–water partition coefficient (Wildman–Crippen LogP) is -0.336. The van der Waals surface area contributed by atoms with Gasteiger partial charge in [-0.3, -0.25) is 14.8 Å². The van der Waals surface area contributed by atoms with Crippen LogP contribution in [0.25, 0.3) is 11.4 Å². The van der Waals surface area contributed by atoms with Crippen LogP contribution in [0.15, 0.2) is 18.6 Å². The number of rotatable bonds is 3. The predicted molar refractivity (Wildman–Crippen MR) is 55.1 cm³/mol. The molecule has 0 aromatic carbocycles. The first-order valence-corrected chi connectivity index (χ1v) is 4.49. The number of hydrogen-bond donors (Lipinski definition) is 3. The minimum absolute atomic E-state index is 0.0722. The van der Waals surface area contributed by atoms with Gasteiger partial charge in [-0.1, -0.05) is 0 Å². The maximum Gasteiger partial charge on any atom is 0.371 e. The standard InChI is InChI=1S/C9H7N5O3/c10-7(15)6-5(4-3-11-1-2-12-4)13-8(14-6)9(16)17/h1-3H,(H2,10,15)(H,13,14)(H,16,17). The molecular weight excluding hydrogens is 226 g/mol. The van der Waals surface area contributed by atoms with Gasteiger partial charge in [0, 0.05) is 12.4 Å². The van der Waals surface area contributed by atoms with E-state index < -0.39 is 11.9 Å². The topological polar surface area (TPSA) is 135 Å². The van der Waals surface area contributed by atoms with Gasteiger partial charge in [0.25, 0.3) is 5.91 Å². The molecule has 0 spiro atoms. The molecule has 0 aliphatic heterocycles. The van der Waals surface area contributed by atoms with Gasteiger partial charge in [-0.15, -0.1) is 0 Å². The van der Waals surface area contributed by atoms with Crippen LogP contribution in [0.5, 0.6) is 0 Å². The molecule has 0 fully saturated rings. The number of nitrogens with one attached hydrogen (secondary N) is 1. The molecule has 2 aromatic heterocycles. The Hall–Kier alpha value is -2.77. The number of carbonyl (C=O) groups is 2. The van der Waals surface area contributed by atoms with Gasteiger partial charge >= 0.3 is 5.97 Å². The highest BCUT2D eigenvalue weighted by atomic mass is 16.4. The molecule has 0 atom stereocenters. The number of aromatic nitrogens is 4. The number of aromatic amines is 1. The second-order valence-electron chi connectivity index (χ2n) is 3.07. The van der Waals surface area contributed by atoms with Crippen LogP contribution in [0.1, 0.15) is 21.1 Å². The van der Waals surface area contributed by atoms with Crippen LogP contribution in [0.4, 0.5) is 0 Å². The number of carbonyl (C=O) groups excluding carboxylic acids is 1. The molecule has 0 aliphatic carbocycles. The first kappa shape index (κ1) is 10.7. The van der Waals surface area contributed by atoms with Crippen LogP contribution in [0.2, 0.25) is 0 Å². The zero-order chi connectivity index (χ0) is 12.4. The smallest absolute Gasteiger partial charge is 0.371 e. The molecule has 0 unspecified atom stereocenters. The van der Waals surface area contributed by atoms with E-state index in [0.29, 0.717) is 0 Å². The Kier molecular flexibility index (Phi) is 2.53. The zero-order valence-electron chi connectivity index (χ0n) is 8.41. The minimum atomic E-state index is -1.29. The summed E-state index contributed by atoms with van der Waals surface area (Å²) in [5, 5.41) is 8.77. The second kappa shape index (κ2) is 4.00. The van der Waals surface area contributed by atoms with Gasteiger partial charge in [-0.2, -0.15) is 0 Å². The van der Waals surface area contributed by atoms with Gasteiger partial charge in [0.2, 0.25) is 5.82 Å². The molecule has 0 radical (unpaired) electrons. The summed E-state index contributed by atoms with van der Waals surface area (Å²) >= 11 is 0. The van der Waals surface area contributed by atoms with Crippen molar-refractivity contribution in [3.05, 3.63) is 30.1 Å². The van der Waals surface area contributed by atoms with Crippen molar-refractivity contribution in [3.8, 4) is 11.4 Å². The van der Waals surface area contributed by atoms with E-state index in [-0.39, 0.29) is 22.9 Å². The molecule has 2 aromatic rings. The Morgan fingerprint density at radius 1 is 1.35 bits per heavy atom. The largest absolute Gasteiger partial charge is 0.475 e. The first-order chi connectivity index (χ1) is 8.09. The molecule has 0 bridgehead atoms. The van der Waals surface area contributed by atoms with Crippen LogP contribution in [-0.2, 0) is 0 Å². The summed E-state index contributed by atoms with van der Waals surface area (Å²) in [7, 11) is 0. The Bertz CT molecular complexity index is 578. The lowest BCUT2D eigenvalue weighted by molar-refractivity contribution is 0.0685. The van der Waals surface area contributed by atoms with Gasteiger partial charge < -0.3 is 15.8 Å². The molecule has 4 N–H and O–H groups in total. The Morgan fingerprint density at radius 2 is 2.12 bits per heavy atom. The molecule has 0 saturated heterocycles. The van der Waals surface area contributed by atoms with E-state index in [4.69, 9.17) is 10.8 Å². The van der Waals surface area contributed by atoms with Crippen molar-refractivity contribution in [2.24, 2.45) is 5.73 Å². The van der Waals surface area contributed by atoms with E-state index in [1.165, 1.54) is 18.6 Å². The number of primary amides is 1. The van der Waals surface area contributed by atoms with Crippen LogP contribution >= 0.6 is 0 Å². The molecule has 0 aliphatic rings. The fourth-order valence-electron chi connectivity index (χ4n) is 1.26. The summed E-state index contributed by atoms with van der Waals surface area (Å²) in [5.74, 6) is -2.48. The Morgan fingerprint density at radius 3 is 2.65 bits per heavy atom. The molecular formula is C9H7N5O3. The monoisotopic (exact) mass is 233 g/mol. The van der Waals surface area contributed by atoms with Gasteiger partial charge in [-0.25, -0.2) is 9.78 Å². The highest BCUT2D eigenvalue weighted by Gasteiger charge is 2.20. The highest BCUT2D eigenvalue weighted by molar-refractivity contribution is 5.98. The number of hydrogen-bond acceptors (Lipinski definition) is 5. The number of imidazole rings is 1. The number of H-pyrrole nitrogens is 1. The van der Waals surface area contributed by atoms with Gasteiger partial charge in [0.15, 0.2) is 0 Å². The van der Waals surface area contributed by atoms with Crippen molar-refractivity contribution < 1.29 is 14.7 Å². The summed E-state index contributed by atoms with van der Waals surface area (Å²) < 4.78 is 0. The van der Waals surface area contributed by atoms with Crippen LogP contribution in [0.3, 0.4) is 0 Å². The number of nitrogens with two attached hydrogens (primary N) is 1. The maximum absolute atomic E-state index is 11.1. The van der Waals surface area contributed by atoms with E-state index >= 15 is 0 Å². The lowest BCUT2D eigenvalue weighted by atomic mass is 10.2. The van der Waals surface area contributed by atoms with Crippen molar-refractivity contribution in [1.82, 2.24) is 19.9 Å². The summed E-state index contributed by atoms with van der Waals surface area (Å²) in [4.78, 5) is 35.7. The number of nitrogens with zero attached hydrogens (tertiary/aromatic N) is 3. The fraction of sp³-hybridized carbons (Fsp3) is 0. The third kappa shape index (κ3) is 1.95. The SMILES string of the molecule is NC(=O)c1[nH]c(C(=O)O)nc1-c1cnccn1. The Balaban J connectivity index is 2.60. The minimum Gasteiger partial charge on any atom is -0.475 e. The molecule has 1 amide bonds. The zero-order valence-corrected chi connectivity index (χ0v) is 8.41. The first-order valence-electron chi connectivity index (χ1n) is 4.49. The summed E-state index contributed by atoms with van der Waals surface area (Å²) in [6.07, 6.45) is 4.20. The van der Waals surface area contributed by atoms with E-state index in [2.05, 4.69) is 19.9 Å². The summed E-state index contributed by atoms with van der Waals surface area (Å²) in [6.45, 7) is 0. The Labute approximate surface area is 94.5 Å².